The summed E-state index contributed by atoms with van der Waals surface area (Å²) in [5.74, 6) is 0.287. The van der Waals surface area contributed by atoms with E-state index < -0.39 is 5.97 Å². The van der Waals surface area contributed by atoms with Gasteiger partial charge in [-0.3, -0.25) is 14.4 Å². The lowest BCUT2D eigenvalue weighted by atomic mass is 9.94. The average molecular weight is 249 g/mol. The van der Waals surface area contributed by atoms with Crippen LogP contribution in [0.4, 0.5) is 0 Å². The van der Waals surface area contributed by atoms with E-state index in [1.807, 2.05) is 19.4 Å². The summed E-state index contributed by atoms with van der Waals surface area (Å²) in [6.45, 7) is 1.63. The maximum Gasteiger partial charge on any atom is 0.321 e. The van der Waals surface area contributed by atoms with E-state index in [9.17, 15) is 9.90 Å². The number of hydrogen-bond donors (Lipinski definition) is 1. The number of carbonyl (C=O) groups is 1. The molecule has 5 nitrogen and oxygen atoms in total. The molecule has 5 heteroatoms. The van der Waals surface area contributed by atoms with E-state index in [0.717, 1.165) is 18.5 Å². The van der Waals surface area contributed by atoms with Crippen molar-refractivity contribution in [1.82, 2.24) is 14.7 Å². The fourth-order valence-corrected chi connectivity index (χ4v) is 3.68. The second-order valence-electron chi connectivity index (χ2n) is 5.59. The molecular formula is C13H19N3O2. The van der Waals surface area contributed by atoms with E-state index in [1.54, 1.807) is 4.68 Å². The third-order valence-corrected chi connectivity index (χ3v) is 4.38. The van der Waals surface area contributed by atoms with Crippen LogP contribution >= 0.6 is 0 Å². The zero-order valence-electron chi connectivity index (χ0n) is 10.6. The summed E-state index contributed by atoms with van der Waals surface area (Å²) in [7, 11) is 1.89. The summed E-state index contributed by atoms with van der Waals surface area (Å²) < 4.78 is 1.77. The highest BCUT2D eigenvalue weighted by Gasteiger charge is 2.47. The first-order valence-electron chi connectivity index (χ1n) is 6.59. The van der Waals surface area contributed by atoms with E-state index >= 15 is 0 Å². The van der Waals surface area contributed by atoms with Crippen LogP contribution in [0.3, 0.4) is 0 Å². The largest absolute Gasteiger partial charge is 0.480 e. The topological polar surface area (TPSA) is 58.4 Å². The van der Waals surface area contributed by atoms with Crippen LogP contribution in [-0.2, 0) is 18.4 Å². The minimum Gasteiger partial charge on any atom is -0.480 e. The smallest absolute Gasteiger partial charge is 0.321 e. The van der Waals surface area contributed by atoms with E-state index in [4.69, 9.17) is 0 Å². The summed E-state index contributed by atoms with van der Waals surface area (Å²) in [4.78, 5) is 13.6. The fraction of sp³-hybridized carbons (Fsp3) is 0.692. The molecule has 98 valence electrons. The molecule has 0 radical (unpaired) electrons. The van der Waals surface area contributed by atoms with Gasteiger partial charge in [-0.1, -0.05) is 6.42 Å². The highest BCUT2D eigenvalue weighted by Crippen LogP contribution is 2.42. The SMILES string of the molecule is Cn1cc(CN2CC3CCCC3C2C(=O)O)cn1. The Bertz CT molecular complexity index is 457. The van der Waals surface area contributed by atoms with E-state index in [1.165, 1.54) is 12.8 Å². The Morgan fingerprint density at radius 3 is 3.06 bits per heavy atom. The molecule has 0 aromatic carbocycles. The van der Waals surface area contributed by atoms with E-state index in [-0.39, 0.29) is 6.04 Å². The second kappa shape index (κ2) is 4.39. The van der Waals surface area contributed by atoms with Crippen molar-refractivity contribution in [3.63, 3.8) is 0 Å². The zero-order chi connectivity index (χ0) is 12.7. The predicted molar refractivity (Wildman–Crippen MR) is 65.9 cm³/mol. The van der Waals surface area contributed by atoms with Crippen LogP contribution in [-0.4, -0.2) is 38.3 Å². The third-order valence-electron chi connectivity index (χ3n) is 4.38. The molecule has 18 heavy (non-hydrogen) atoms. The standard InChI is InChI=1S/C13H19N3O2/c1-15-6-9(5-14-15)7-16-8-10-3-2-4-11(10)12(16)13(17)18/h5-6,10-12H,2-4,7-8H2,1H3,(H,17,18). The van der Waals surface area contributed by atoms with Gasteiger partial charge in [0.1, 0.15) is 6.04 Å². The van der Waals surface area contributed by atoms with Crippen LogP contribution in [0.25, 0.3) is 0 Å². The number of aryl methyl sites for hydroxylation is 1. The highest BCUT2D eigenvalue weighted by atomic mass is 16.4. The van der Waals surface area contributed by atoms with Crippen molar-refractivity contribution in [2.75, 3.05) is 6.54 Å². The Morgan fingerprint density at radius 2 is 2.39 bits per heavy atom. The van der Waals surface area contributed by atoms with Crippen LogP contribution in [0.15, 0.2) is 12.4 Å². The normalized spacial score (nSPS) is 31.7. The molecule has 1 aromatic rings. The Labute approximate surface area is 106 Å². The average Bonchev–Trinajstić information content (AvgIpc) is 2.93. The number of nitrogens with zero attached hydrogens (tertiary/aromatic N) is 3. The maximum absolute atomic E-state index is 11.5. The third kappa shape index (κ3) is 1.92. The van der Waals surface area contributed by atoms with Crippen molar-refractivity contribution in [2.24, 2.45) is 18.9 Å². The maximum atomic E-state index is 11.5. The van der Waals surface area contributed by atoms with Gasteiger partial charge >= 0.3 is 5.97 Å². The first-order valence-corrected chi connectivity index (χ1v) is 6.59. The van der Waals surface area contributed by atoms with Gasteiger partial charge in [-0.25, -0.2) is 0 Å². The number of carboxylic acid groups (broad SMARTS) is 1. The Morgan fingerprint density at radius 1 is 1.56 bits per heavy atom. The van der Waals surface area contributed by atoms with Crippen LogP contribution in [0, 0.1) is 11.8 Å². The molecule has 2 aliphatic rings. The summed E-state index contributed by atoms with van der Waals surface area (Å²) in [6.07, 6.45) is 7.25. The van der Waals surface area contributed by atoms with Gasteiger partial charge in [0.05, 0.1) is 6.20 Å². The Hall–Kier alpha value is -1.36. The first-order chi connectivity index (χ1) is 8.65. The van der Waals surface area contributed by atoms with Crippen LogP contribution in [0.2, 0.25) is 0 Å². The van der Waals surface area contributed by atoms with Crippen molar-refractivity contribution >= 4 is 5.97 Å². The van der Waals surface area contributed by atoms with Gasteiger partial charge in [-0.15, -0.1) is 0 Å². The molecular weight excluding hydrogens is 230 g/mol. The predicted octanol–water partition coefficient (Wildman–Crippen LogP) is 1.11. The first kappa shape index (κ1) is 11.7. The minimum atomic E-state index is -0.659. The van der Waals surface area contributed by atoms with Crippen LogP contribution in [0.1, 0.15) is 24.8 Å². The molecule has 2 fully saturated rings. The lowest BCUT2D eigenvalue weighted by Crippen LogP contribution is -2.39. The minimum absolute atomic E-state index is 0.294. The number of rotatable bonds is 3. The number of fused-ring (bicyclic) bond motifs is 1. The molecule has 0 bridgehead atoms. The summed E-state index contributed by atoms with van der Waals surface area (Å²) in [5.41, 5.74) is 1.10. The molecule has 3 atom stereocenters. The van der Waals surface area contributed by atoms with Gasteiger partial charge in [-0.2, -0.15) is 5.10 Å². The Balaban J connectivity index is 1.77. The molecule has 3 rings (SSSR count). The van der Waals surface area contributed by atoms with Crippen molar-refractivity contribution in [3.8, 4) is 0 Å². The molecule has 1 N–H and O–H groups in total. The van der Waals surface area contributed by atoms with Crippen molar-refractivity contribution in [1.29, 1.82) is 0 Å². The number of aromatic nitrogens is 2. The lowest BCUT2D eigenvalue weighted by molar-refractivity contribution is -0.143. The van der Waals surface area contributed by atoms with Crippen LogP contribution in [0.5, 0.6) is 0 Å². The second-order valence-corrected chi connectivity index (χ2v) is 5.59. The number of aliphatic carboxylic acids is 1. The molecule has 0 amide bonds. The number of carboxylic acids is 1. The van der Waals surface area contributed by atoms with Crippen molar-refractivity contribution in [2.45, 2.75) is 31.8 Å². The summed E-state index contributed by atoms with van der Waals surface area (Å²) >= 11 is 0. The monoisotopic (exact) mass is 249 g/mol. The molecule has 1 saturated carbocycles. The van der Waals surface area contributed by atoms with Gasteiger partial charge in [0.15, 0.2) is 0 Å². The highest BCUT2D eigenvalue weighted by molar-refractivity contribution is 5.74. The quantitative estimate of drug-likeness (QED) is 0.871. The molecule has 3 unspecified atom stereocenters. The molecule has 2 heterocycles. The van der Waals surface area contributed by atoms with Gasteiger partial charge in [0.2, 0.25) is 0 Å². The summed E-state index contributed by atoms with van der Waals surface area (Å²) in [5, 5.41) is 13.6. The molecule has 0 spiro atoms. The van der Waals surface area contributed by atoms with Crippen LogP contribution < -0.4 is 0 Å². The number of likely N-dealkylation sites (tertiary alicyclic amines) is 1. The van der Waals surface area contributed by atoms with E-state index in [0.29, 0.717) is 18.4 Å². The Kier molecular flexibility index (Phi) is 2.86. The summed E-state index contributed by atoms with van der Waals surface area (Å²) in [6, 6.07) is -0.294. The molecule has 1 aliphatic heterocycles. The molecule has 1 aromatic heterocycles. The van der Waals surface area contributed by atoms with Gasteiger partial charge in [0, 0.05) is 31.9 Å². The van der Waals surface area contributed by atoms with Crippen molar-refractivity contribution in [3.05, 3.63) is 18.0 Å². The van der Waals surface area contributed by atoms with Gasteiger partial charge in [0.25, 0.3) is 0 Å². The molecule has 1 saturated heterocycles. The zero-order valence-corrected chi connectivity index (χ0v) is 10.6. The lowest BCUT2D eigenvalue weighted by Gasteiger charge is -2.23. The van der Waals surface area contributed by atoms with E-state index in [2.05, 4.69) is 10.00 Å². The number of hydrogen-bond acceptors (Lipinski definition) is 3. The molecule has 1 aliphatic carbocycles. The van der Waals surface area contributed by atoms with Gasteiger partial charge < -0.3 is 5.11 Å². The van der Waals surface area contributed by atoms with Gasteiger partial charge in [-0.05, 0) is 24.7 Å². The van der Waals surface area contributed by atoms with Crippen molar-refractivity contribution < 1.29 is 9.90 Å². The fourth-order valence-electron chi connectivity index (χ4n) is 3.68.